The first-order valence-corrected chi connectivity index (χ1v) is 6.89. The van der Waals surface area contributed by atoms with Crippen molar-refractivity contribution in [2.45, 2.75) is 47.2 Å². The topological polar surface area (TPSA) is 15.3 Å². The molecular weight excluding hydrogens is 220 g/mol. The molecule has 0 saturated carbocycles. The fourth-order valence-electron chi connectivity index (χ4n) is 2.10. The van der Waals surface area contributed by atoms with Crippen molar-refractivity contribution in [2.24, 2.45) is 0 Å². The van der Waals surface area contributed by atoms with Gasteiger partial charge in [-0.2, -0.15) is 0 Å². The third-order valence-electron chi connectivity index (χ3n) is 3.66. The number of hydrogen-bond donors (Lipinski definition) is 1. The SMILES string of the molecule is Cc1ccc(CN(C)CCNC(C)C)c(C)c1C. The molecule has 2 nitrogen and oxygen atoms in total. The van der Waals surface area contributed by atoms with Crippen LogP contribution in [0.15, 0.2) is 12.1 Å². The Morgan fingerprint density at radius 1 is 1.11 bits per heavy atom. The molecule has 18 heavy (non-hydrogen) atoms. The Bertz CT molecular complexity index is 383. The summed E-state index contributed by atoms with van der Waals surface area (Å²) in [6, 6.07) is 5.07. The molecular formula is C16H28N2. The van der Waals surface area contributed by atoms with Crippen molar-refractivity contribution in [3.05, 3.63) is 34.4 Å². The van der Waals surface area contributed by atoms with E-state index in [4.69, 9.17) is 0 Å². The van der Waals surface area contributed by atoms with Crippen molar-refractivity contribution in [2.75, 3.05) is 20.1 Å². The monoisotopic (exact) mass is 248 g/mol. The summed E-state index contributed by atoms with van der Waals surface area (Å²) >= 11 is 0. The summed E-state index contributed by atoms with van der Waals surface area (Å²) in [6.07, 6.45) is 0. The van der Waals surface area contributed by atoms with E-state index >= 15 is 0 Å². The molecule has 0 amide bonds. The Balaban J connectivity index is 2.54. The van der Waals surface area contributed by atoms with E-state index in [2.05, 4.69) is 64.0 Å². The molecule has 102 valence electrons. The van der Waals surface area contributed by atoms with Gasteiger partial charge in [0.25, 0.3) is 0 Å². The molecule has 0 aliphatic carbocycles. The number of aryl methyl sites for hydroxylation is 1. The summed E-state index contributed by atoms with van der Waals surface area (Å²) in [5.74, 6) is 0. The first-order chi connectivity index (χ1) is 8.41. The molecule has 1 rings (SSSR count). The third kappa shape index (κ3) is 4.43. The minimum atomic E-state index is 0.571. The maximum absolute atomic E-state index is 3.46. The number of rotatable bonds is 6. The molecule has 1 aromatic rings. The highest BCUT2D eigenvalue weighted by Gasteiger charge is 2.06. The van der Waals surface area contributed by atoms with Crippen molar-refractivity contribution < 1.29 is 0 Å². The summed E-state index contributed by atoms with van der Waals surface area (Å²) in [5.41, 5.74) is 5.71. The van der Waals surface area contributed by atoms with Gasteiger partial charge in [-0.05, 0) is 50.1 Å². The van der Waals surface area contributed by atoms with Gasteiger partial charge in [0.05, 0.1) is 0 Å². The molecule has 0 spiro atoms. The third-order valence-corrected chi connectivity index (χ3v) is 3.66. The van der Waals surface area contributed by atoms with Gasteiger partial charge in [-0.1, -0.05) is 26.0 Å². The average Bonchev–Trinajstić information content (AvgIpc) is 2.29. The summed E-state index contributed by atoms with van der Waals surface area (Å²) < 4.78 is 0. The van der Waals surface area contributed by atoms with E-state index < -0.39 is 0 Å². The molecule has 0 atom stereocenters. The van der Waals surface area contributed by atoms with Gasteiger partial charge >= 0.3 is 0 Å². The van der Waals surface area contributed by atoms with Crippen LogP contribution in [0.3, 0.4) is 0 Å². The van der Waals surface area contributed by atoms with Gasteiger partial charge < -0.3 is 10.2 Å². The fourth-order valence-corrected chi connectivity index (χ4v) is 2.10. The number of nitrogens with zero attached hydrogens (tertiary/aromatic N) is 1. The Morgan fingerprint density at radius 2 is 1.78 bits per heavy atom. The predicted octanol–water partition coefficient (Wildman–Crippen LogP) is 3.04. The maximum Gasteiger partial charge on any atom is 0.0233 e. The predicted molar refractivity (Wildman–Crippen MR) is 80.1 cm³/mol. The second kappa shape index (κ2) is 6.91. The van der Waals surface area contributed by atoms with E-state index in [9.17, 15) is 0 Å². The lowest BCUT2D eigenvalue weighted by Gasteiger charge is -2.20. The first-order valence-electron chi connectivity index (χ1n) is 6.89. The molecule has 0 aliphatic heterocycles. The van der Waals surface area contributed by atoms with Gasteiger partial charge in [0.15, 0.2) is 0 Å². The lowest BCUT2D eigenvalue weighted by atomic mass is 9.98. The van der Waals surface area contributed by atoms with Crippen LogP contribution in [0, 0.1) is 20.8 Å². The maximum atomic E-state index is 3.46. The zero-order valence-electron chi connectivity index (χ0n) is 12.8. The highest BCUT2D eigenvalue weighted by atomic mass is 15.1. The second-order valence-electron chi connectivity index (χ2n) is 5.64. The molecule has 2 heteroatoms. The van der Waals surface area contributed by atoms with E-state index in [1.807, 2.05) is 0 Å². The molecule has 1 aromatic carbocycles. The molecule has 0 aliphatic rings. The minimum Gasteiger partial charge on any atom is -0.313 e. The second-order valence-corrected chi connectivity index (χ2v) is 5.64. The van der Waals surface area contributed by atoms with Crippen LogP contribution in [0.2, 0.25) is 0 Å². The number of nitrogens with one attached hydrogen (secondary N) is 1. The number of likely N-dealkylation sites (N-methyl/N-ethyl adjacent to an activating group) is 1. The van der Waals surface area contributed by atoms with E-state index in [0.29, 0.717) is 6.04 Å². The molecule has 0 fully saturated rings. The van der Waals surface area contributed by atoms with Crippen molar-refractivity contribution >= 4 is 0 Å². The summed E-state index contributed by atoms with van der Waals surface area (Å²) in [6.45, 7) is 14.2. The van der Waals surface area contributed by atoms with Crippen LogP contribution >= 0.6 is 0 Å². The molecule has 0 unspecified atom stereocenters. The number of hydrogen-bond acceptors (Lipinski definition) is 2. The molecule has 0 aromatic heterocycles. The number of benzene rings is 1. The lowest BCUT2D eigenvalue weighted by molar-refractivity contribution is 0.319. The summed E-state index contributed by atoms with van der Waals surface area (Å²) in [5, 5.41) is 3.46. The van der Waals surface area contributed by atoms with E-state index in [1.54, 1.807) is 0 Å². The Labute approximate surface area is 112 Å². The zero-order chi connectivity index (χ0) is 13.7. The van der Waals surface area contributed by atoms with Crippen LogP contribution < -0.4 is 5.32 Å². The van der Waals surface area contributed by atoms with Crippen LogP contribution in [-0.4, -0.2) is 31.1 Å². The normalized spacial score (nSPS) is 11.6. The van der Waals surface area contributed by atoms with Crippen LogP contribution in [0.4, 0.5) is 0 Å². The van der Waals surface area contributed by atoms with E-state index in [0.717, 1.165) is 19.6 Å². The Morgan fingerprint density at radius 3 is 2.39 bits per heavy atom. The average molecular weight is 248 g/mol. The smallest absolute Gasteiger partial charge is 0.0233 e. The van der Waals surface area contributed by atoms with Crippen molar-refractivity contribution in [1.29, 1.82) is 0 Å². The van der Waals surface area contributed by atoms with Gasteiger partial charge in [-0.3, -0.25) is 0 Å². The van der Waals surface area contributed by atoms with E-state index in [1.165, 1.54) is 22.3 Å². The van der Waals surface area contributed by atoms with Gasteiger partial charge in [0.1, 0.15) is 0 Å². The Hall–Kier alpha value is -0.860. The van der Waals surface area contributed by atoms with Crippen LogP contribution in [0.25, 0.3) is 0 Å². The van der Waals surface area contributed by atoms with Crippen molar-refractivity contribution in [1.82, 2.24) is 10.2 Å². The van der Waals surface area contributed by atoms with Crippen molar-refractivity contribution in [3.63, 3.8) is 0 Å². The fraction of sp³-hybridized carbons (Fsp3) is 0.625. The van der Waals surface area contributed by atoms with Gasteiger partial charge in [0, 0.05) is 25.7 Å². The standard InChI is InChI=1S/C16H28N2/c1-12(2)17-9-10-18(6)11-16-8-7-13(3)14(4)15(16)5/h7-8,12,17H,9-11H2,1-6H3. The first kappa shape index (κ1) is 15.2. The quantitative estimate of drug-likeness (QED) is 0.832. The summed E-state index contributed by atoms with van der Waals surface area (Å²) in [7, 11) is 2.19. The van der Waals surface area contributed by atoms with Crippen LogP contribution in [0.1, 0.15) is 36.1 Å². The van der Waals surface area contributed by atoms with E-state index in [-0.39, 0.29) is 0 Å². The highest BCUT2D eigenvalue weighted by molar-refractivity contribution is 5.38. The minimum absolute atomic E-state index is 0.571. The molecule has 0 radical (unpaired) electrons. The Kier molecular flexibility index (Phi) is 5.83. The largest absolute Gasteiger partial charge is 0.313 e. The van der Waals surface area contributed by atoms with Crippen LogP contribution in [-0.2, 0) is 6.54 Å². The highest BCUT2D eigenvalue weighted by Crippen LogP contribution is 2.18. The zero-order valence-corrected chi connectivity index (χ0v) is 12.8. The molecule has 0 bridgehead atoms. The van der Waals surface area contributed by atoms with Crippen molar-refractivity contribution in [3.8, 4) is 0 Å². The van der Waals surface area contributed by atoms with Gasteiger partial charge in [-0.25, -0.2) is 0 Å². The van der Waals surface area contributed by atoms with Gasteiger partial charge in [0.2, 0.25) is 0 Å². The molecule has 0 heterocycles. The van der Waals surface area contributed by atoms with Gasteiger partial charge in [-0.15, -0.1) is 0 Å². The molecule has 0 saturated heterocycles. The van der Waals surface area contributed by atoms with Crippen LogP contribution in [0.5, 0.6) is 0 Å². The molecule has 1 N–H and O–H groups in total. The lowest BCUT2D eigenvalue weighted by Crippen LogP contribution is -2.32. The summed E-state index contributed by atoms with van der Waals surface area (Å²) in [4.78, 5) is 2.38.